The molecule has 3 nitrogen and oxygen atoms in total. The summed E-state index contributed by atoms with van der Waals surface area (Å²) in [6, 6.07) is 4.11. The van der Waals surface area contributed by atoms with Gasteiger partial charge in [0, 0.05) is 5.54 Å². The first-order valence-corrected chi connectivity index (χ1v) is 8.16. The summed E-state index contributed by atoms with van der Waals surface area (Å²) in [5.41, 5.74) is 6.10. The van der Waals surface area contributed by atoms with Crippen molar-refractivity contribution >= 4 is 0 Å². The Morgan fingerprint density at radius 1 is 1.10 bits per heavy atom. The summed E-state index contributed by atoms with van der Waals surface area (Å²) in [6.07, 6.45) is 8.77. The van der Waals surface area contributed by atoms with Gasteiger partial charge in [-0.3, -0.25) is 4.90 Å². The lowest BCUT2D eigenvalue weighted by atomic mass is 9.52. The molecule has 0 radical (unpaired) electrons. The van der Waals surface area contributed by atoms with E-state index in [1.54, 1.807) is 0 Å². The van der Waals surface area contributed by atoms with Crippen LogP contribution in [0.1, 0.15) is 50.0 Å². The van der Waals surface area contributed by atoms with Crippen molar-refractivity contribution in [3.63, 3.8) is 0 Å². The highest BCUT2D eigenvalue weighted by Crippen LogP contribution is 2.57. The highest BCUT2D eigenvalue weighted by atomic mass is 16.3. The molecule has 0 amide bonds. The molecule has 110 valence electrons. The number of hydrogen-bond donors (Lipinski definition) is 1. The van der Waals surface area contributed by atoms with Gasteiger partial charge in [0.2, 0.25) is 0 Å². The fourth-order valence-corrected chi connectivity index (χ4v) is 5.55. The highest BCUT2D eigenvalue weighted by Gasteiger charge is 2.52. The zero-order valence-electron chi connectivity index (χ0n) is 12.5. The maximum Gasteiger partial charge on any atom is 0.118 e. The molecule has 2 N–H and O–H groups in total. The van der Waals surface area contributed by atoms with E-state index in [2.05, 4.69) is 18.0 Å². The van der Waals surface area contributed by atoms with Crippen molar-refractivity contribution in [2.75, 3.05) is 7.05 Å². The molecule has 0 unspecified atom stereocenters. The number of hydrogen-bond acceptors (Lipinski definition) is 3. The molecule has 20 heavy (non-hydrogen) atoms. The first-order chi connectivity index (χ1) is 9.67. The number of furan rings is 1. The minimum atomic E-state index is 0.463. The fourth-order valence-electron chi connectivity index (χ4n) is 5.55. The SMILES string of the molecule is CN(Cc1ccc(CN)o1)C12CC3CC(CC(C3)C1)C2. The lowest BCUT2D eigenvalue weighted by Crippen LogP contribution is -2.58. The van der Waals surface area contributed by atoms with Crippen LogP contribution in [0.5, 0.6) is 0 Å². The van der Waals surface area contributed by atoms with Crippen molar-refractivity contribution in [2.24, 2.45) is 23.5 Å². The molecule has 0 spiro atoms. The van der Waals surface area contributed by atoms with Crippen molar-refractivity contribution in [1.29, 1.82) is 0 Å². The number of nitrogens with two attached hydrogens (primary N) is 1. The average molecular weight is 274 g/mol. The molecule has 4 fully saturated rings. The second-order valence-corrected chi connectivity index (χ2v) is 7.57. The second kappa shape index (κ2) is 4.60. The van der Waals surface area contributed by atoms with Gasteiger partial charge in [-0.25, -0.2) is 0 Å². The van der Waals surface area contributed by atoms with E-state index in [1.807, 2.05) is 6.07 Å². The van der Waals surface area contributed by atoms with Crippen molar-refractivity contribution < 1.29 is 4.42 Å². The summed E-state index contributed by atoms with van der Waals surface area (Å²) < 4.78 is 5.80. The van der Waals surface area contributed by atoms with Crippen molar-refractivity contribution in [3.05, 3.63) is 23.7 Å². The third-order valence-electron chi connectivity index (χ3n) is 6.13. The molecular weight excluding hydrogens is 248 g/mol. The summed E-state index contributed by atoms with van der Waals surface area (Å²) in [7, 11) is 2.30. The zero-order valence-corrected chi connectivity index (χ0v) is 12.5. The van der Waals surface area contributed by atoms with Gasteiger partial charge in [0.05, 0.1) is 13.1 Å². The summed E-state index contributed by atoms with van der Waals surface area (Å²) in [4.78, 5) is 2.59. The second-order valence-electron chi connectivity index (χ2n) is 7.57. The van der Waals surface area contributed by atoms with E-state index in [4.69, 9.17) is 10.2 Å². The van der Waals surface area contributed by atoms with Crippen LogP contribution in [0.2, 0.25) is 0 Å². The minimum Gasteiger partial charge on any atom is -0.463 e. The van der Waals surface area contributed by atoms with Gasteiger partial charge in [-0.2, -0.15) is 0 Å². The molecule has 1 heterocycles. The summed E-state index contributed by atoms with van der Waals surface area (Å²) in [6.45, 7) is 1.44. The van der Waals surface area contributed by atoms with Gasteiger partial charge in [0.1, 0.15) is 11.5 Å². The van der Waals surface area contributed by atoms with Crippen LogP contribution >= 0.6 is 0 Å². The molecule has 3 heteroatoms. The molecule has 0 saturated heterocycles. The maximum atomic E-state index is 5.80. The quantitative estimate of drug-likeness (QED) is 0.917. The van der Waals surface area contributed by atoms with Crippen molar-refractivity contribution in [2.45, 2.75) is 57.2 Å². The molecule has 0 aliphatic heterocycles. The Morgan fingerprint density at radius 3 is 2.15 bits per heavy atom. The molecule has 0 aromatic carbocycles. The smallest absolute Gasteiger partial charge is 0.118 e. The lowest BCUT2D eigenvalue weighted by molar-refractivity contribution is -0.0838. The first-order valence-electron chi connectivity index (χ1n) is 8.16. The van der Waals surface area contributed by atoms with E-state index in [1.165, 1.54) is 38.5 Å². The molecule has 4 saturated carbocycles. The maximum absolute atomic E-state index is 5.80. The number of nitrogens with zero attached hydrogens (tertiary/aromatic N) is 1. The largest absolute Gasteiger partial charge is 0.463 e. The summed E-state index contributed by atoms with van der Waals surface area (Å²) >= 11 is 0. The van der Waals surface area contributed by atoms with Gasteiger partial charge in [0.25, 0.3) is 0 Å². The molecule has 5 rings (SSSR count). The Kier molecular flexibility index (Phi) is 2.97. The van der Waals surface area contributed by atoms with Crippen LogP contribution in [0.3, 0.4) is 0 Å². The molecule has 0 atom stereocenters. The van der Waals surface area contributed by atoms with Gasteiger partial charge in [-0.15, -0.1) is 0 Å². The Morgan fingerprint density at radius 2 is 1.65 bits per heavy atom. The van der Waals surface area contributed by atoms with E-state index >= 15 is 0 Å². The van der Waals surface area contributed by atoms with Crippen molar-refractivity contribution in [3.8, 4) is 0 Å². The average Bonchev–Trinajstić information content (AvgIpc) is 2.85. The Labute approximate surface area is 121 Å². The van der Waals surface area contributed by atoms with Gasteiger partial charge in [0.15, 0.2) is 0 Å². The molecule has 4 aliphatic carbocycles. The molecule has 1 aromatic heterocycles. The van der Waals surface area contributed by atoms with Gasteiger partial charge < -0.3 is 10.2 Å². The molecule has 1 aromatic rings. The molecule has 4 bridgehead atoms. The Bertz CT molecular complexity index is 458. The van der Waals surface area contributed by atoms with E-state index in [9.17, 15) is 0 Å². The van der Waals surface area contributed by atoms with Crippen molar-refractivity contribution in [1.82, 2.24) is 4.90 Å². The number of rotatable bonds is 4. The third-order valence-corrected chi connectivity index (χ3v) is 6.13. The van der Waals surface area contributed by atoms with Crippen LogP contribution in [-0.2, 0) is 13.1 Å². The van der Waals surface area contributed by atoms with Crippen LogP contribution in [0.4, 0.5) is 0 Å². The predicted octanol–water partition coefficient (Wildman–Crippen LogP) is 3.14. The van der Waals surface area contributed by atoms with E-state index in [-0.39, 0.29) is 0 Å². The first kappa shape index (κ1) is 12.9. The topological polar surface area (TPSA) is 42.4 Å². The van der Waals surface area contributed by atoms with Gasteiger partial charge in [-0.05, 0) is 75.5 Å². The van der Waals surface area contributed by atoms with Crippen LogP contribution in [-0.4, -0.2) is 17.5 Å². The highest BCUT2D eigenvalue weighted by molar-refractivity contribution is 5.10. The monoisotopic (exact) mass is 274 g/mol. The van der Waals surface area contributed by atoms with Crippen LogP contribution in [0.25, 0.3) is 0 Å². The Balaban J connectivity index is 1.51. The van der Waals surface area contributed by atoms with E-state index in [0.717, 1.165) is 35.8 Å². The van der Waals surface area contributed by atoms with E-state index in [0.29, 0.717) is 12.1 Å². The minimum absolute atomic E-state index is 0.463. The van der Waals surface area contributed by atoms with Gasteiger partial charge in [-0.1, -0.05) is 0 Å². The van der Waals surface area contributed by atoms with Crippen LogP contribution in [0.15, 0.2) is 16.5 Å². The summed E-state index contributed by atoms with van der Waals surface area (Å²) in [5, 5.41) is 0. The zero-order chi connectivity index (χ0) is 13.7. The third kappa shape index (κ3) is 2.03. The van der Waals surface area contributed by atoms with E-state index < -0.39 is 0 Å². The molecule has 4 aliphatic rings. The Hall–Kier alpha value is -0.800. The predicted molar refractivity (Wildman–Crippen MR) is 79.0 cm³/mol. The van der Waals surface area contributed by atoms with Gasteiger partial charge >= 0.3 is 0 Å². The normalized spacial score (nSPS) is 38.9. The standard InChI is InChI=1S/C17H26N2O/c1-19(11-16-3-2-15(10-18)20-16)17-7-12-4-13(8-17)6-14(5-12)9-17/h2-3,12-14H,4-11,18H2,1H3. The summed E-state index contributed by atoms with van der Waals surface area (Å²) in [5.74, 6) is 4.97. The molecular formula is C17H26N2O. The fraction of sp³-hybridized carbons (Fsp3) is 0.765. The van der Waals surface area contributed by atoms with Crippen LogP contribution < -0.4 is 5.73 Å². The lowest BCUT2D eigenvalue weighted by Gasteiger charge is -2.59. The van der Waals surface area contributed by atoms with Crippen LogP contribution in [0, 0.1) is 17.8 Å².